The van der Waals surface area contributed by atoms with Crippen LogP contribution in [0.2, 0.25) is 0 Å². The molecule has 0 bridgehead atoms. The minimum Gasteiger partial charge on any atom is -0.497 e. The Morgan fingerprint density at radius 1 is 1.07 bits per heavy atom. The summed E-state index contributed by atoms with van der Waals surface area (Å²) in [5.74, 6) is 0.900. The first kappa shape index (κ1) is 22.3. The lowest BCUT2D eigenvalue weighted by Gasteiger charge is -2.30. The van der Waals surface area contributed by atoms with Gasteiger partial charge in [0.25, 0.3) is 5.91 Å². The number of carbonyl (C=O) groups excluding carboxylic acids is 2. The molecule has 0 aliphatic rings. The van der Waals surface area contributed by atoms with E-state index in [1.165, 1.54) is 0 Å². The fourth-order valence-corrected chi connectivity index (χ4v) is 3.30. The second-order valence-electron chi connectivity index (χ2n) is 7.02. The van der Waals surface area contributed by atoms with Crippen LogP contribution in [-0.4, -0.2) is 43.5 Å². The van der Waals surface area contributed by atoms with Crippen molar-refractivity contribution in [2.24, 2.45) is 0 Å². The summed E-state index contributed by atoms with van der Waals surface area (Å²) in [6, 6.07) is 12.7. The minimum absolute atomic E-state index is 0.139. The van der Waals surface area contributed by atoms with Gasteiger partial charge in [0.1, 0.15) is 17.5 Å². The van der Waals surface area contributed by atoms with E-state index in [1.54, 1.807) is 19.1 Å². The molecule has 0 aromatic heterocycles. The smallest absolute Gasteiger partial charge is 0.261 e. The first-order valence-electron chi connectivity index (χ1n) is 9.73. The zero-order valence-electron chi connectivity index (χ0n) is 17.8. The Morgan fingerprint density at radius 3 is 2.34 bits per heavy atom. The van der Waals surface area contributed by atoms with Crippen LogP contribution in [0.25, 0.3) is 0 Å². The highest BCUT2D eigenvalue weighted by atomic mass is 16.5. The van der Waals surface area contributed by atoms with E-state index in [0.717, 1.165) is 16.7 Å². The highest BCUT2D eigenvalue weighted by molar-refractivity contribution is 5.88. The van der Waals surface area contributed by atoms with Crippen LogP contribution in [0.15, 0.2) is 42.5 Å². The number of rotatable bonds is 9. The van der Waals surface area contributed by atoms with Crippen molar-refractivity contribution in [2.75, 3.05) is 20.8 Å². The molecule has 2 rings (SSSR count). The quantitative estimate of drug-likeness (QED) is 0.704. The molecule has 29 heavy (non-hydrogen) atoms. The summed E-state index contributed by atoms with van der Waals surface area (Å²) in [4.78, 5) is 27.0. The number of nitrogens with zero attached hydrogens (tertiary/aromatic N) is 1. The lowest BCUT2D eigenvalue weighted by molar-refractivity contribution is -0.142. The molecule has 0 saturated heterocycles. The average molecular weight is 399 g/mol. The van der Waals surface area contributed by atoms with Gasteiger partial charge in [0.15, 0.2) is 6.61 Å². The molecule has 1 atom stereocenters. The van der Waals surface area contributed by atoms with Gasteiger partial charge in [-0.15, -0.1) is 0 Å². The number of hydrogen-bond acceptors (Lipinski definition) is 4. The lowest BCUT2D eigenvalue weighted by Crippen LogP contribution is -2.49. The molecule has 1 N–H and O–H groups in total. The highest BCUT2D eigenvalue weighted by Gasteiger charge is 2.28. The zero-order valence-corrected chi connectivity index (χ0v) is 17.8. The lowest BCUT2D eigenvalue weighted by atomic mass is 10.1. The van der Waals surface area contributed by atoms with Gasteiger partial charge in [-0.3, -0.25) is 9.59 Å². The van der Waals surface area contributed by atoms with E-state index in [9.17, 15) is 9.59 Å². The third-order valence-electron chi connectivity index (χ3n) is 4.68. The number of benzene rings is 2. The van der Waals surface area contributed by atoms with Crippen molar-refractivity contribution in [3.05, 3.63) is 59.2 Å². The van der Waals surface area contributed by atoms with Crippen LogP contribution in [0.3, 0.4) is 0 Å². The van der Waals surface area contributed by atoms with Crippen LogP contribution in [0.4, 0.5) is 0 Å². The van der Waals surface area contributed by atoms with E-state index in [-0.39, 0.29) is 25.0 Å². The van der Waals surface area contributed by atoms with Crippen molar-refractivity contribution in [1.82, 2.24) is 10.2 Å². The topological polar surface area (TPSA) is 67.9 Å². The van der Waals surface area contributed by atoms with Gasteiger partial charge in [-0.25, -0.2) is 0 Å². The van der Waals surface area contributed by atoms with Gasteiger partial charge in [0.05, 0.1) is 7.11 Å². The monoisotopic (exact) mass is 398 g/mol. The predicted octanol–water partition coefficient (Wildman–Crippen LogP) is 3.24. The summed E-state index contributed by atoms with van der Waals surface area (Å²) in [5, 5.41) is 2.65. The summed E-state index contributed by atoms with van der Waals surface area (Å²) in [5.41, 5.74) is 3.02. The minimum atomic E-state index is -0.582. The van der Waals surface area contributed by atoms with E-state index in [1.807, 2.05) is 63.2 Å². The Kier molecular flexibility index (Phi) is 8.07. The van der Waals surface area contributed by atoms with E-state index < -0.39 is 6.04 Å². The number of ether oxygens (including phenoxy) is 2. The van der Waals surface area contributed by atoms with Gasteiger partial charge in [0, 0.05) is 13.6 Å². The molecule has 0 aliphatic heterocycles. The van der Waals surface area contributed by atoms with E-state index in [4.69, 9.17) is 9.47 Å². The molecule has 0 spiro atoms. The van der Waals surface area contributed by atoms with E-state index in [2.05, 4.69) is 5.32 Å². The molecular weight excluding hydrogens is 368 g/mol. The maximum absolute atomic E-state index is 13.1. The van der Waals surface area contributed by atoms with Crippen LogP contribution in [0.1, 0.15) is 30.0 Å². The van der Waals surface area contributed by atoms with Crippen molar-refractivity contribution in [3.8, 4) is 11.5 Å². The number of amides is 2. The Balaban J connectivity index is 2.22. The predicted molar refractivity (Wildman–Crippen MR) is 113 cm³/mol. The summed E-state index contributed by atoms with van der Waals surface area (Å²) in [6.45, 7) is 6.00. The number of hydrogen-bond donors (Lipinski definition) is 1. The number of nitrogens with one attached hydrogen (secondary N) is 1. The van der Waals surface area contributed by atoms with Crippen molar-refractivity contribution in [3.63, 3.8) is 0 Å². The summed E-state index contributed by atoms with van der Waals surface area (Å²) in [6.07, 6.45) is 0.499. The van der Waals surface area contributed by atoms with Gasteiger partial charge in [-0.2, -0.15) is 0 Å². The SMILES string of the molecule is CCC(C(=O)NC)N(Cc1cccc(OC)c1)C(=O)COc1cc(C)cc(C)c1. The Bertz CT molecular complexity index is 830. The molecular formula is C23H30N2O4. The molecule has 0 heterocycles. The van der Waals surface area contributed by atoms with Gasteiger partial charge < -0.3 is 19.7 Å². The molecule has 0 aliphatic carbocycles. The molecule has 6 nitrogen and oxygen atoms in total. The largest absolute Gasteiger partial charge is 0.497 e. The number of carbonyl (C=O) groups is 2. The van der Waals surface area contributed by atoms with Crippen molar-refractivity contribution in [1.29, 1.82) is 0 Å². The number of methoxy groups -OCH3 is 1. The Labute approximate surface area is 172 Å². The maximum Gasteiger partial charge on any atom is 0.261 e. The van der Waals surface area contributed by atoms with Crippen LogP contribution >= 0.6 is 0 Å². The standard InChI is InChI=1S/C23H30N2O4/c1-6-21(23(27)24-4)25(14-18-8-7-9-19(13-18)28-5)22(26)15-29-20-11-16(2)10-17(3)12-20/h7-13,21H,6,14-15H2,1-5H3,(H,24,27). The van der Waals surface area contributed by atoms with Gasteiger partial charge >= 0.3 is 0 Å². The molecule has 2 aromatic rings. The zero-order chi connectivity index (χ0) is 21.4. The normalized spacial score (nSPS) is 11.5. The first-order valence-corrected chi connectivity index (χ1v) is 9.73. The average Bonchev–Trinajstić information content (AvgIpc) is 2.71. The maximum atomic E-state index is 13.1. The van der Waals surface area contributed by atoms with Gasteiger partial charge in [-0.05, 0) is 61.2 Å². The van der Waals surface area contributed by atoms with Gasteiger partial charge in [0.2, 0.25) is 5.91 Å². The molecule has 0 saturated carbocycles. The summed E-state index contributed by atoms with van der Waals surface area (Å²) < 4.78 is 11.0. The second kappa shape index (κ2) is 10.5. The van der Waals surface area contributed by atoms with Crippen molar-refractivity contribution < 1.29 is 19.1 Å². The number of aryl methyl sites for hydroxylation is 2. The second-order valence-corrected chi connectivity index (χ2v) is 7.02. The Morgan fingerprint density at radius 2 is 1.76 bits per heavy atom. The highest BCUT2D eigenvalue weighted by Crippen LogP contribution is 2.19. The molecule has 2 amide bonds. The molecule has 0 fully saturated rings. The Hall–Kier alpha value is -3.02. The third-order valence-corrected chi connectivity index (χ3v) is 4.68. The van der Waals surface area contributed by atoms with Crippen LogP contribution < -0.4 is 14.8 Å². The van der Waals surface area contributed by atoms with Crippen LogP contribution in [0.5, 0.6) is 11.5 Å². The van der Waals surface area contributed by atoms with Crippen molar-refractivity contribution >= 4 is 11.8 Å². The summed E-state index contributed by atoms with van der Waals surface area (Å²) >= 11 is 0. The molecule has 6 heteroatoms. The molecule has 2 aromatic carbocycles. The molecule has 156 valence electrons. The molecule has 1 unspecified atom stereocenters. The molecule has 0 radical (unpaired) electrons. The van der Waals surface area contributed by atoms with E-state index >= 15 is 0 Å². The van der Waals surface area contributed by atoms with Crippen LogP contribution in [-0.2, 0) is 16.1 Å². The third kappa shape index (κ3) is 6.24. The van der Waals surface area contributed by atoms with Crippen molar-refractivity contribution in [2.45, 2.75) is 39.8 Å². The van der Waals surface area contributed by atoms with Gasteiger partial charge in [-0.1, -0.05) is 25.1 Å². The fraction of sp³-hybridized carbons (Fsp3) is 0.391. The van der Waals surface area contributed by atoms with E-state index in [0.29, 0.717) is 17.9 Å². The fourth-order valence-electron chi connectivity index (χ4n) is 3.30. The summed E-state index contributed by atoms with van der Waals surface area (Å²) in [7, 11) is 3.17. The van der Waals surface area contributed by atoms with Crippen LogP contribution in [0, 0.1) is 13.8 Å². The number of likely N-dealkylation sites (N-methyl/N-ethyl adjacent to an activating group) is 1. The first-order chi connectivity index (χ1) is 13.9.